The van der Waals surface area contributed by atoms with Crippen LogP contribution in [0.3, 0.4) is 0 Å². The molecule has 1 heterocycles. The van der Waals surface area contributed by atoms with Crippen molar-refractivity contribution in [3.63, 3.8) is 0 Å². The van der Waals surface area contributed by atoms with Gasteiger partial charge < -0.3 is 4.74 Å². The molecule has 0 aliphatic carbocycles. The molecular formula is C12H10FNO2. The molecule has 2 rings (SSSR count). The molecule has 4 heteroatoms. The minimum atomic E-state index is -0.581. The van der Waals surface area contributed by atoms with E-state index in [0.717, 1.165) is 11.8 Å². The second-order valence-electron chi connectivity index (χ2n) is 3.47. The van der Waals surface area contributed by atoms with Gasteiger partial charge in [0.25, 0.3) is 0 Å². The first-order chi connectivity index (χ1) is 7.61. The predicted molar refractivity (Wildman–Crippen MR) is 57.8 cm³/mol. The highest BCUT2D eigenvalue weighted by Crippen LogP contribution is 2.20. The molecule has 1 aromatic heterocycles. The number of hydrogen-bond donors (Lipinski definition) is 0. The van der Waals surface area contributed by atoms with E-state index in [1.807, 2.05) is 6.92 Å². The summed E-state index contributed by atoms with van der Waals surface area (Å²) >= 11 is 0. The Bertz CT molecular complexity index is 566. The summed E-state index contributed by atoms with van der Waals surface area (Å²) in [7, 11) is 1.26. The van der Waals surface area contributed by atoms with Crippen LogP contribution in [0, 0.1) is 12.7 Å². The topological polar surface area (TPSA) is 39.2 Å². The number of methoxy groups -OCH3 is 1. The van der Waals surface area contributed by atoms with Crippen LogP contribution in [0.5, 0.6) is 0 Å². The number of carbonyl (C=O) groups is 1. The van der Waals surface area contributed by atoms with Gasteiger partial charge in [0, 0.05) is 11.1 Å². The molecule has 0 aliphatic heterocycles. The molecule has 0 saturated heterocycles. The molecule has 82 valence electrons. The van der Waals surface area contributed by atoms with E-state index in [0.29, 0.717) is 10.9 Å². The third-order valence-corrected chi connectivity index (χ3v) is 2.30. The number of pyridine rings is 1. The number of fused-ring (bicyclic) bond motifs is 1. The summed E-state index contributed by atoms with van der Waals surface area (Å²) in [6, 6.07) is 5.98. The third kappa shape index (κ3) is 1.74. The lowest BCUT2D eigenvalue weighted by atomic mass is 10.1. The molecular weight excluding hydrogens is 209 g/mol. The monoisotopic (exact) mass is 219 g/mol. The van der Waals surface area contributed by atoms with Gasteiger partial charge in [0.2, 0.25) is 0 Å². The number of esters is 1. The highest BCUT2D eigenvalue weighted by Gasteiger charge is 2.13. The van der Waals surface area contributed by atoms with Crippen molar-refractivity contribution < 1.29 is 13.9 Å². The van der Waals surface area contributed by atoms with Crippen molar-refractivity contribution in [2.45, 2.75) is 6.92 Å². The van der Waals surface area contributed by atoms with E-state index >= 15 is 0 Å². The van der Waals surface area contributed by atoms with Gasteiger partial charge in [0.1, 0.15) is 5.82 Å². The van der Waals surface area contributed by atoms with Crippen LogP contribution in [0.25, 0.3) is 10.9 Å². The van der Waals surface area contributed by atoms with Gasteiger partial charge in [-0.3, -0.25) is 4.98 Å². The predicted octanol–water partition coefficient (Wildman–Crippen LogP) is 2.47. The Hall–Kier alpha value is -1.97. The molecule has 0 bridgehead atoms. The number of aryl methyl sites for hydroxylation is 1. The molecule has 0 unspecified atom stereocenters. The fraction of sp³-hybridized carbons (Fsp3) is 0.167. The Kier molecular flexibility index (Phi) is 2.56. The van der Waals surface area contributed by atoms with Gasteiger partial charge in [0.15, 0.2) is 0 Å². The van der Waals surface area contributed by atoms with Crippen molar-refractivity contribution >= 4 is 16.9 Å². The molecule has 1 aromatic carbocycles. The summed E-state index contributed by atoms with van der Waals surface area (Å²) in [4.78, 5) is 15.7. The Morgan fingerprint density at radius 2 is 2.12 bits per heavy atom. The van der Waals surface area contributed by atoms with E-state index in [4.69, 9.17) is 0 Å². The molecule has 0 fully saturated rings. The lowest BCUT2D eigenvalue weighted by Crippen LogP contribution is -2.04. The largest absolute Gasteiger partial charge is 0.465 e. The zero-order valence-corrected chi connectivity index (χ0v) is 8.95. The first kappa shape index (κ1) is 10.5. The van der Waals surface area contributed by atoms with Crippen LogP contribution in [-0.4, -0.2) is 18.1 Å². The molecule has 0 saturated carbocycles. The molecule has 16 heavy (non-hydrogen) atoms. The highest BCUT2D eigenvalue weighted by atomic mass is 19.1. The zero-order chi connectivity index (χ0) is 11.7. The van der Waals surface area contributed by atoms with Gasteiger partial charge in [-0.25, -0.2) is 9.18 Å². The number of hydrogen-bond acceptors (Lipinski definition) is 3. The summed E-state index contributed by atoms with van der Waals surface area (Å²) in [5.74, 6) is -1.05. The van der Waals surface area contributed by atoms with Crippen molar-refractivity contribution in [2.75, 3.05) is 7.11 Å². The minimum Gasteiger partial charge on any atom is -0.465 e. The number of halogens is 1. The second kappa shape index (κ2) is 3.89. The summed E-state index contributed by atoms with van der Waals surface area (Å²) in [5.41, 5.74) is 1.39. The lowest BCUT2D eigenvalue weighted by Gasteiger charge is -2.05. The van der Waals surface area contributed by atoms with E-state index in [1.54, 1.807) is 12.1 Å². The molecule has 3 nitrogen and oxygen atoms in total. The van der Waals surface area contributed by atoms with Crippen molar-refractivity contribution in [1.29, 1.82) is 0 Å². The standard InChI is InChI=1S/C12H10FNO2/c1-7-3-4-8-5-9(13)6-10(11(8)14-7)12(15)16-2/h3-6H,1-2H3. The second-order valence-corrected chi connectivity index (χ2v) is 3.47. The fourth-order valence-electron chi connectivity index (χ4n) is 1.56. The van der Waals surface area contributed by atoms with Gasteiger partial charge in [-0.15, -0.1) is 0 Å². The lowest BCUT2D eigenvalue weighted by molar-refractivity contribution is 0.0602. The number of ether oxygens (including phenoxy) is 1. The van der Waals surface area contributed by atoms with Crippen molar-refractivity contribution in [1.82, 2.24) is 4.98 Å². The Morgan fingerprint density at radius 1 is 1.38 bits per heavy atom. The van der Waals surface area contributed by atoms with E-state index in [-0.39, 0.29) is 5.56 Å². The van der Waals surface area contributed by atoms with Crippen molar-refractivity contribution in [3.05, 3.63) is 41.3 Å². The van der Waals surface area contributed by atoms with Crippen LogP contribution in [-0.2, 0) is 4.74 Å². The number of carbonyl (C=O) groups excluding carboxylic acids is 1. The highest BCUT2D eigenvalue weighted by molar-refractivity contribution is 6.02. The van der Waals surface area contributed by atoms with Crippen LogP contribution in [0.1, 0.15) is 16.1 Å². The van der Waals surface area contributed by atoms with E-state index in [1.165, 1.54) is 13.2 Å². The van der Waals surface area contributed by atoms with Crippen molar-refractivity contribution in [2.24, 2.45) is 0 Å². The average Bonchev–Trinajstić information content (AvgIpc) is 2.27. The smallest absolute Gasteiger partial charge is 0.340 e. The van der Waals surface area contributed by atoms with E-state index < -0.39 is 11.8 Å². The van der Waals surface area contributed by atoms with Crippen LogP contribution >= 0.6 is 0 Å². The summed E-state index contributed by atoms with van der Waals surface area (Å²) < 4.78 is 17.9. The van der Waals surface area contributed by atoms with Gasteiger partial charge in [-0.2, -0.15) is 0 Å². The van der Waals surface area contributed by atoms with E-state index in [9.17, 15) is 9.18 Å². The first-order valence-electron chi connectivity index (χ1n) is 4.77. The van der Waals surface area contributed by atoms with Gasteiger partial charge in [0.05, 0.1) is 18.2 Å². The molecule has 0 amide bonds. The fourth-order valence-corrected chi connectivity index (χ4v) is 1.56. The maximum atomic E-state index is 13.3. The summed E-state index contributed by atoms with van der Waals surface area (Å²) in [6.45, 7) is 1.81. The van der Waals surface area contributed by atoms with Crippen LogP contribution in [0.2, 0.25) is 0 Å². The van der Waals surface area contributed by atoms with Gasteiger partial charge in [-0.05, 0) is 25.1 Å². The van der Waals surface area contributed by atoms with Crippen LogP contribution < -0.4 is 0 Å². The van der Waals surface area contributed by atoms with Gasteiger partial charge in [-0.1, -0.05) is 6.07 Å². The number of nitrogens with zero attached hydrogens (tertiary/aromatic N) is 1. The Labute approximate surface area is 91.9 Å². The Morgan fingerprint density at radius 3 is 2.81 bits per heavy atom. The SMILES string of the molecule is COC(=O)c1cc(F)cc2ccc(C)nc12. The molecule has 0 radical (unpaired) electrons. The molecule has 0 spiro atoms. The number of rotatable bonds is 1. The summed E-state index contributed by atoms with van der Waals surface area (Å²) in [5, 5.41) is 0.589. The maximum absolute atomic E-state index is 13.3. The molecule has 0 N–H and O–H groups in total. The number of benzene rings is 1. The molecule has 0 atom stereocenters. The van der Waals surface area contributed by atoms with Crippen LogP contribution in [0.15, 0.2) is 24.3 Å². The minimum absolute atomic E-state index is 0.154. The molecule has 0 aliphatic rings. The maximum Gasteiger partial charge on any atom is 0.340 e. The quantitative estimate of drug-likeness (QED) is 0.691. The number of aromatic nitrogens is 1. The third-order valence-electron chi connectivity index (χ3n) is 2.30. The zero-order valence-electron chi connectivity index (χ0n) is 8.95. The molecule has 2 aromatic rings. The van der Waals surface area contributed by atoms with Gasteiger partial charge >= 0.3 is 5.97 Å². The average molecular weight is 219 g/mol. The van der Waals surface area contributed by atoms with Crippen LogP contribution in [0.4, 0.5) is 4.39 Å². The first-order valence-corrected chi connectivity index (χ1v) is 4.77. The van der Waals surface area contributed by atoms with E-state index in [2.05, 4.69) is 9.72 Å². The normalized spacial score (nSPS) is 10.4. The Balaban J connectivity index is 2.79. The summed E-state index contributed by atoms with van der Waals surface area (Å²) in [6.07, 6.45) is 0. The van der Waals surface area contributed by atoms with Crippen molar-refractivity contribution in [3.8, 4) is 0 Å².